The molecule has 0 aliphatic heterocycles. The summed E-state index contributed by atoms with van der Waals surface area (Å²) < 4.78 is 19.8. The molecule has 94 valence electrons. The van der Waals surface area contributed by atoms with E-state index in [-0.39, 0.29) is 5.82 Å². The molecule has 2 rings (SSSR count). The van der Waals surface area contributed by atoms with Crippen molar-refractivity contribution in [1.29, 1.82) is 0 Å². The van der Waals surface area contributed by atoms with Crippen LogP contribution < -0.4 is 10.1 Å². The Hall–Kier alpha value is -1.39. The average Bonchev–Trinajstić information content (AvgIpc) is 2.33. The summed E-state index contributed by atoms with van der Waals surface area (Å²) >= 11 is 3.42. The van der Waals surface area contributed by atoms with Gasteiger partial charge in [0.1, 0.15) is 17.3 Å². The van der Waals surface area contributed by atoms with E-state index in [9.17, 15) is 4.39 Å². The fraction of sp³-hybridized carbons (Fsp3) is 0.143. The molecule has 2 aromatic rings. The van der Waals surface area contributed by atoms with Crippen molar-refractivity contribution in [2.24, 2.45) is 0 Å². The molecule has 0 radical (unpaired) electrons. The molecule has 2 aromatic carbocycles. The van der Waals surface area contributed by atoms with E-state index < -0.39 is 0 Å². The first kappa shape index (κ1) is 13.1. The van der Waals surface area contributed by atoms with Gasteiger partial charge in [0.15, 0.2) is 0 Å². The van der Waals surface area contributed by atoms with Crippen LogP contribution in [0.1, 0.15) is 5.56 Å². The molecule has 0 saturated carbocycles. The number of rotatable bonds is 4. The first-order chi connectivity index (χ1) is 8.69. The summed E-state index contributed by atoms with van der Waals surface area (Å²) in [6.45, 7) is 0.685. The van der Waals surface area contributed by atoms with Gasteiger partial charge in [-0.05, 0) is 37.4 Å². The van der Waals surface area contributed by atoms with Crippen molar-refractivity contribution in [3.05, 3.63) is 58.3 Å². The minimum atomic E-state index is -0.306. The molecule has 0 amide bonds. The Morgan fingerprint density at radius 1 is 1.22 bits per heavy atom. The van der Waals surface area contributed by atoms with E-state index in [4.69, 9.17) is 4.74 Å². The molecule has 0 fully saturated rings. The van der Waals surface area contributed by atoms with E-state index in [2.05, 4.69) is 21.2 Å². The standard InChI is InChI=1S/C14H13BrFNO/c1-17-9-10-7-11(15)5-6-14(10)18-13-4-2-3-12(16)8-13/h2-8,17H,9H2,1H3. The zero-order valence-corrected chi connectivity index (χ0v) is 11.5. The number of halogens is 2. The van der Waals surface area contributed by atoms with Crippen LogP contribution in [-0.4, -0.2) is 7.05 Å². The molecule has 0 atom stereocenters. The van der Waals surface area contributed by atoms with Crippen LogP contribution in [0.15, 0.2) is 46.9 Å². The third-order valence-electron chi connectivity index (χ3n) is 2.41. The molecule has 0 aromatic heterocycles. The number of hydrogen-bond donors (Lipinski definition) is 1. The summed E-state index contributed by atoms with van der Waals surface area (Å²) in [6.07, 6.45) is 0. The van der Waals surface area contributed by atoms with Crippen molar-refractivity contribution >= 4 is 15.9 Å². The van der Waals surface area contributed by atoms with Gasteiger partial charge < -0.3 is 10.1 Å². The molecule has 0 aliphatic carbocycles. The average molecular weight is 310 g/mol. The topological polar surface area (TPSA) is 21.3 Å². The third kappa shape index (κ3) is 3.31. The Morgan fingerprint density at radius 2 is 2.06 bits per heavy atom. The molecule has 0 bridgehead atoms. The van der Waals surface area contributed by atoms with Gasteiger partial charge in [-0.15, -0.1) is 0 Å². The van der Waals surface area contributed by atoms with Gasteiger partial charge in [-0.2, -0.15) is 0 Å². The summed E-state index contributed by atoms with van der Waals surface area (Å²) in [4.78, 5) is 0. The van der Waals surface area contributed by atoms with Crippen molar-refractivity contribution in [2.75, 3.05) is 7.05 Å². The molecule has 18 heavy (non-hydrogen) atoms. The lowest BCUT2D eigenvalue weighted by Gasteiger charge is -2.11. The zero-order chi connectivity index (χ0) is 13.0. The maximum Gasteiger partial charge on any atom is 0.131 e. The Labute approximate surface area is 114 Å². The minimum Gasteiger partial charge on any atom is -0.457 e. The first-order valence-electron chi connectivity index (χ1n) is 5.55. The van der Waals surface area contributed by atoms with Crippen LogP contribution in [0.25, 0.3) is 0 Å². The van der Waals surface area contributed by atoms with E-state index in [0.29, 0.717) is 12.3 Å². The van der Waals surface area contributed by atoms with Crippen molar-refractivity contribution in [3.8, 4) is 11.5 Å². The highest BCUT2D eigenvalue weighted by Gasteiger charge is 2.06. The summed E-state index contributed by atoms with van der Waals surface area (Å²) in [6, 6.07) is 11.9. The van der Waals surface area contributed by atoms with E-state index in [1.54, 1.807) is 12.1 Å². The van der Waals surface area contributed by atoms with Gasteiger partial charge in [-0.25, -0.2) is 4.39 Å². The number of benzene rings is 2. The number of hydrogen-bond acceptors (Lipinski definition) is 2. The van der Waals surface area contributed by atoms with Crippen LogP contribution in [0.2, 0.25) is 0 Å². The quantitative estimate of drug-likeness (QED) is 0.918. The van der Waals surface area contributed by atoms with Crippen LogP contribution in [-0.2, 0) is 6.54 Å². The summed E-state index contributed by atoms with van der Waals surface area (Å²) in [5.41, 5.74) is 1.01. The van der Waals surface area contributed by atoms with Crippen LogP contribution in [0.4, 0.5) is 4.39 Å². The molecule has 0 aliphatic rings. The molecule has 0 spiro atoms. The number of nitrogens with one attached hydrogen (secondary N) is 1. The maximum absolute atomic E-state index is 13.1. The second-order valence-electron chi connectivity index (χ2n) is 3.84. The SMILES string of the molecule is CNCc1cc(Br)ccc1Oc1cccc(F)c1. The van der Waals surface area contributed by atoms with E-state index >= 15 is 0 Å². The Bertz CT molecular complexity index is 545. The van der Waals surface area contributed by atoms with Crippen LogP contribution in [0.3, 0.4) is 0 Å². The lowest BCUT2D eigenvalue weighted by Crippen LogP contribution is -2.06. The maximum atomic E-state index is 13.1. The van der Waals surface area contributed by atoms with Crippen molar-refractivity contribution in [2.45, 2.75) is 6.54 Å². The van der Waals surface area contributed by atoms with Gasteiger partial charge in [0, 0.05) is 22.6 Å². The van der Waals surface area contributed by atoms with Gasteiger partial charge in [-0.3, -0.25) is 0 Å². The molecule has 0 heterocycles. The fourth-order valence-corrected chi connectivity index (χ4v) is 2.04. The highest BCUT2D eigenvalue weighted by atomic mass is 79.9. The molecule has 0 unspecified atom stereocenters. The smallest absolute Gasteiger partial charge is 0.131 e. The van der Waals surface area contributed by atoms with Gasteiger partial charge in [0.2, 0.25) is 0 Å². The normalized spacial score (nSPS) is 10.4. The Balaban J connectivity index is 2.28. The number of ether oxygens (including phenoxy) is 1. The van der Waals surface area contributed by atoms with Crippen molar-refractivity contribution in [3.63, 3.8) is 0 Å². The minimum absolute atomic E-state index is 0.306. The predicted octanol–water partition coefficient (Wildman–Crippen LogP) is 4.10. The van der Waals surface area contributed by atoms with Gasteiger partial charge in [-0.1, -0.05) is 22.0 Å². The fourth-order valence-electron chi connectivity index (χ4n) is 1.63. The van der Waals surface area contributed by atoms with Crippen molar-refractivity contribution in [1.82, 2.24) is 5.32 Å². The lowest BCUT2D eigenvalue weighted by molar-refractivity contribution is 0.469. The van der Waals surface area contributed by atoms with Gasteiger partial charge >= 0.3 is 0 Å². The molecule has 0 saturated heterocycles. The van der Waals surface area contributed by atoms with Crippen LogP contribution in [0.5, 0.6) is 11.5 Å². The Kier molecular flexibility index (Phi) is 4.33. The summed E-state index contributed by atoms with van der Waals surface area (Å²) in [5.74, 6) is 0.910. The van der Waals surface area contributed by atoms with E-state index in [1.807, 2.05) is 25.2 Å². The Morgan fingerprint density at radius 3 is 2.78 bits per heavy atom. The summed E-state index contributed by atoms with van der Waals surface area (Å²) in [7, 11) is 1.87. The molecule has 1 N–H and O–H groups in total. The van der Waals surface area contributed by atoms with Crippen LogP contribution >= 0.6 is 15.9 Å². The van der Waals surface area contributed by atoms with E-state index in [0.717, 1.165) is 15.8 Å². The highest BCUT2D eigenvalue weighted by molar-refractivity contribution is 9.10. The van der Waals surface area contributed by atoms with Crippen LogP contribution in [0, 0.1) is 5.82 Å². The molecule has 2 nitrogen and oxygen atoms in total. The van der Waals surface area contributed by atoms with Gasteiger partial charge in [0.25, 0.3) is 0 Å². The second-order valence-corrected chi connectivity index (χ2v) is 4.76. The summed E-state index contributed by atoms with van der Waals surface area (Å²) in [5, 5.41) is 3.07. The monoisotopic (exact) mass is 309 g/mol. The second kappa shape index (κ2) is 5.98. The molecule has 4 heteroatoms. The first-order valence-corrected chi connectivity index (χ1v) is 6.35. The largest absolute Gasteiger partial charge is 0.457 e. The molecular formula is C14H13BrFNO. The molecular weight excluding hydrogens is 297 g/mol. The van der Waals surface area contributed by atoms with E-state index in [1.165, 1.54) is 12.1 Å². The lowest BCUT2D eigenvalue weighted by atomic mass is 10.2. The third-order valence-corrected chi connectivity index (χ3v) is 2.91. The van der Waals surface area contributed by atoms with Gasteiger partial charge in [0.05, 0.1) is 0 Å². The highest BCUT2D eigenvalue weighted by Crippen LogP contribution is 2.28. The zero-order valence-electron chi connectivity index (χ0n) is 9.91. The van der Waals surface area contributed by atoms with Crippen molar-refractivity contribution < 1.29 is 9.13 Å². The predicted molar refractivity (Wildman–Crippen MR) is 73.4 cm³/mol.